The van der Waals surface area contributed by atoms with Crippen LogP contribution in [0.25, 0.3) is 0 Å². The van der Waals surface area contributed by atoms with Crippen molar-refractivity contribution in [2.45, 2.75) is 31.8 Å². The molecule has 0 aromatic carbocycles. The lowest BCUT2D eigenvalue weighted by atomic mass is 9.76. The number of aromatic nitrogens is 2. The van der Waals surface area contributed by atoms with Gasteiger partial charge >= 0.3 is 0 Å². The smallest absolute Gasteiger partial charge is 0.269 e. The molecule has 1 saturated carbocycles. The highest BCUT2D eigenvalue weighted by Crippen LogP contribution is 2.48. The second-order valence-electron chi connectivity index (χ2n) is 6.27. The molecule has 1 aromatic rings. The fourth-order valence-electron chi connectivity index (χ4n) is 3.73. The average molecular weight is 293 g/mol. The maximum atomic E-state index is 12.1. The molecule has 6 heteroatoms. The predicted octanol–water partition coefficient (Wildman–Crippen LogP) is 0.718. The van der Waals surface area contributed by atoms with E-state index in [9.17, 15) is 9.90 Å². The van der Waals surface area contributed by atoms with E-state index >= 15 is 0 Å². The van der Waals surface area contributed by atoms with Gasteiger partial charge in [0.15, 0.2) is 0 Å². The van der Waals surface area contributed by atoms with Crippen molar-refractivity contribution in [2.75, 3.05) is 19.8 Å². The first-order valence-electron chi connectivity index (χ1n) is 7.64. The van der Waals surface area contributed by atoms with Gasteiger partial charge in [-0.2, -0.15) is 5.10 Å². The molecule has 0 bridgehead atoms. The van der Waals surface area contributed by atoms with E-state index < -0.39 is 0 Å². The van der Waals surface area contributed by atoms with Gasteiger partial charge in [-0.3, -0.25) is 9.48 Å². The van der Waals surface area contributed by atoms with Crippen LogP contribution < -0.4 is 5.32 Å². The Labute approximate surface area is 124 Å². The van der Waals surface area contributed by atoms with E-state index in [-0.39, 0.29) is 23.3 Å². The molecule has 1 amide bonds. The van der Waals surface area contributed by atoms with Gasteiger partial charge in [0.05, 0.1) is 6.10 Å². The maximum absolute atomic E-state index is 12.1. The summed E-state index contributed by atoms with van der Waals surface area (Å²) in [6.07, 6.45) is 5.13. The number of aliphatic hydroxyl groups is 1. The van der Waals surface area contributed by atoms with Crippen LogP contribution in [0.4, 0.5) is 0 Å². The number of aryl methyl sites for hydroxylation is 1. The summed E-state index contributed by atoms with van der Waals surface area (Å²) in [6, 6.07) is 1.69. The molecule has 2 atom stereocenters. The van der Waals surface area contributed by atoms with Crippen LogP contribution in [0, 0.1) is 11.3 Å². The molecule has 0 radical (unpaired) electrons. The molecule has 2 N–H and O–H groups in total. The van der Waals surface area contributed by atoms with E-state index in [1.807, 2.05) is 0 Å². The van der Waals surface area contributed by atoms with Crippen molar-refractivity contribution < 1.29 is 14.6 Å². The van der Waals surface area contributed by atoms with Gasteiger partial charge in [0.1, 0.15) is 5.69 Å². The molecule has 1 aliphatic heterocycles. The van der Waals surface area contributed by atoms with E-state index in [0.29, 0.717) is 12.2 Å². The second-order valence-corrected chi connectivity index (χ2v) is 6.27. The van der Waals surface area contributed by atoms with Crippen LogP contribution in [0.2, 0.25) is 0 Å². The van der Waals surface area contributed by atoms with Crippen LogP contribution in [0.3, 0.4) is 0 Å². The number of carbonyl (C=O) groups excluding carboxylic acids is 1. The number of rotatable bonds is 3. The summed E-state index contributed by atoms with van der Waals surface area (Å²) in [4.78, 5) is 12.1. The van der Waals surface area contributed by atoms with Crippen LogP contribution in [0.5, 0.6) is 0 Å². The zero-order valence-electron chi connectivity index (χ0n) is 12.4. The summed E-state index contributed by atoms with van der Waals surface area (Å²) in [6.45, 7) is 2.00. The molecular weight excluding hydrogens is 270 g/mol. The number of ether oxygens (including phenoxy) is 1. The van der Waals surface area contributed by atoms with E-state index in [4.69, 9.17) is 4.74 Å². The molecule has 116 valence electrons. The Balaban J connectivity index is 1.57. The first kappa shape index (κ1) is 14.5. The van der Waals surface area contributed by atoms with Crippen molar-refractivity contribution in [1.82, 2.24) is 15.1 Å². The topological polar surface area (TPSA) is 76.4 Å². The molecule has 0 unspecified atom stereocenters. The minimum atomic E-state index is -0.340. The van der Waals surface area contributed by atoms with Crippen LogP contribution in [0.1, 0.15) is 36.2 Å². The Bertz CT molecular complexity index is 508. The summed E-state index contributed by atoms with van der Waals surface area (Å²) in [7, 11) is 1.75. The van der Waals surface area contributed by atoms with Crippen molar-refractivity contribution in [2.24, 2.45) is 18.4 Å². The van der Waals surface area contributed by atoms with Gasteiger partial charge in [0.2, 0.25) is 0 Å². The lowest BCUT2D eigenvalue weighted by molar-refractivity contribution is -0.0555. The molecule has 1 saturated heterocycles. The first-order chi connectivity index (χ1) is 10.1. The van der Waals surface area contributed by atoms with E-state index in [2.05, 4.69) is 10.4 Å². The molecule has 6 nitrogen and oxygen atoms in total. The monoisotopic (exact) mass is 293 g/mol. The number of nitrogens with zero attached hydrogens (tertiary/aromatic N) is 2. The number of nitrogens with one attached hydrogen (secondary N) is 1. The van der Waals surface area contributed by atoms with Crippen molar-refractivity contribution in [3.63, 3.8) is 0 Å². The highest BCUT2D eigenvalue weighted by molar-refractivity contribution is 5.92. The summed E-state index contributed by atoms with van der Waals surface area (Å²) in [5.74, 6) is 0.00963. The highest BCUT2D eigenvalue weighted by Gasteiger charge is 2.48. The van der Waals surface area contributed by atoms with Gasteiger partial charge in [-0.25, -0.2) is 0 Å². The van der Waals surface area contributed by atoms with Gasteiger partial charge in [-0.15, -0.1) is 0 Å². The third kappa shape index (κ3) is 2.70. The van der Waals surface area contributed by atoms with Gasteiger partial charge in [-0.05, 0) is 31.7 Å². The Morgan fingerprint density at radius 2 is 2.29 bits per heavy atom. The quantitative estimate of drug-likeness (QED) is 0.861. The standard InChI is InChI=1S/C15H23N3O3/c1-18-12(3-7-17-18)14(20)16-10-11-2-4-15(13(11)19)5-8-21-9-6-15/h3,7,11,13,19H,2,4-6,8-10H2,1H3,(H,16,20)/t11-,13-/m1/s1. The molecule has 2 fully saturated rings. The number of aliphatic hydroxyl groups excluding tert-OH is 1. The Hall–Kier alpha value is -1.40. The lowest BCUT2D eigenvalue weighted by Gasteiger charge is -2.37. The largest absolute Gasteiger partial charge is 0.392 e. The molecular formula is C15H23N3O3. The zero-order valence-corrected chi connectivity index (χ0v) is 12.4. The normalized spacial score (nSPS) is 27.9. The highest BCUT2D eigenvalue weighted by atomic mass is 16.5. The zero-order chi connectivity index (χ0) is 14.9. The molecule has 1 spiro atoms. The first-order valence-corrected chi connectivity index (χ1v) is 7.64. The fourth-order valence-corrected chi connectivity index (χ4v) is 3.73. The van der Waals surface area contributed by atoms with Gasteiger partial charge in [0.25, 0.3) is 5.91 Å². The predicted molar refractivity (Wildman–Crippen MR) is 76.8 cm³/mol. The fraction of sp³-hybridized carbons (Fsp3) is 0.733. The SMILES string of the molecule is Cn1nccc1C(=O)NC[C@H]1CCC2(CCOCC2)[C@@H]1O. The number of carbonyl (C=O) groups is 1. The summed E-state index contributed by atoms with van der Waals surface area (Å²) in [5, 5.41) is 17.6. The minimum Gasteiger partial charge on any atom is -0.392 e. The summed E-state index contributed by atoms with van der Waals surface area (Å²) in [5.41, 5.74) is 0.559. The lowest BCUT2D eigenvalue weighted by Crippen LogP contribution is -2.41. The molecule has 21 heavy (non-hydrogen) atoms. The summed E-state index contributed by atoms with van der Waals surface area (Å²) < 4.78 is 6.97. The second kappa shape index (κ2) is 5.77. The van der Waals surface area contributed by atoms with Crippen molar-refractivity contribution >= 4 is 5.91 Å². The van der Waals surface area contributed by atoms with Crippen molar-refractivity contribution in [3.8, 4) is 0 Å². The Kier molecular flexibility index (Phi) is 3.99. The van der Waals surface area contributed by atoms with Gasteiger partial charge < -0.3 is 15.2 Å². The van der Waals surface area contributed by atoms with Crippen LogP contribution in [0.15, 0.2) is 12.3 Å². The van der Waals surface area contributed by atoms with Crippen LogP contribution in [-0.4, -0.2) is 46.7 Å². The Morgan fingerprint density at radius 1 is 1.52 bits per heavy atom. The van der Waals surface area contributed by atoms with Gasteiger partial charge in [-0.1, -0.05) is 0 Å². The van der Waals surface area contributed by atoms with Crippen LogP contribution in [-0.2, 0) is 11.8 Å². The number of hydrogen-bond acceptors (Lipinski definition) is 4. The van der Waals surface area contributed by atoms with E-state index in [0.717, 1.165) is 38.9 Å². The van der Waals surface area contributed by atoms with Crippen molar-refractivity contribution in [3.05, 3.63) is 18.0 Å². The molecule has 3 rings (SSSR count). The van der Waals surface area contributed by atoms with Gasteiger partial charge in [0, 0.05) is 44.3 Å². The molecule has 2 heterocycles. The third-order valence-corrected chi connectivity index (χ3v) is 5.15. The minimum absolute atomic E-state index is 0.0141. The number of hydrogen-bond donors (Lipinski definition) is 2. The van der Waals surface area contributed by atoms with Crippen LogP contribution >= 0.6 is 0 Å². The maximum Gasteiger partial charge on any atom is 0.269 e. The Morgan fingerprint density at radius 3 is 2.95 bits per heavy atom. The molecule has 1 aromatic heterocycles. The van der Waals surface area contributed by atoms with Crippen molar-refractivity contribution in [1.29, 1.82) is 0 Å². The summed E-state index contributed by atoms with van der Waals surface area (Å²) >= 11 is 0. The number of amides is 1. The average Bonchev–Trinajstić information content (AvgIpc) is 3.04. The molecule has 1 aliphatic carbocycles. The van der Waals surface area contributed by atoms with E-state index in [1.165, 1.54) is 0 Å². The van der Waals surface area contributed by atoms with E-state index in [1.54, 1.807) is 24.0 Å². The third-order valence-electron chi connectivity index (χ3n) is 5.15. The molecule has 2 aliphatic rings.